The Morgan fingerprint density at radius 2 is 2.13 bits per heavy atom. The minimum Gasteiger partial charge on any atom is -0.382 e. The summed E-state index contributed by atoms with van der Waals surface area (Å²) < 4.78 is 1.70. The molecule has 0 aromatic carbocycles. The van der Waals surface area contributed by atoms with Crippen molar-refractivity contribution in [1.82, 2.24) is 19.5 Å². The molecule has 2 aromatic heterocycles. The Hall–Kier alpha value is -1.73. The van der Waals surface area contributed by atoms with Gasteiger partial charge in [-0.15, -0.1) is 0 Å². The van der Waals surface area contributed by atoms with Gasteiger partial charge in [-0.05, 0) is 0 Å². The van der Waals surface area contributed by atoms with Crippen LogP contribution in [0.4, 0.5) is 5.82 Å². The molecule has 0 atom stereocenters. The molecule has 2 aromatic rings. The predicted molar refractivity (Wildman–Crippen MR) is 52.6 cm³/mol. The van der Waals surface area contributed by atoms with E-state index in [1.807, 2.05) is 0 Å². The lowest BCUT2D eigenvalue weighted by Crippen LogP contribution is -2.09. The molecule has 80 valence electrons. The zero-order chi connectivity index (χ0) is 10.8. The fraction of sp³-hybridized carbons (Fsp3) is 0.375. The zero-order valence-corrected chi connectivity index (χ0v) is 7.91. The summed E-state index contributed by atoms with van der Waals surface area (Å²) in [5, 5.41) is 17.5. The highest BCUT2D eigenvalue weighted by molar-refractivity contribution is 5.80. The molecule has 2 heterocycles. The van der Waals surface area contributed by atoms with Crippen molar-refractivity contribution in [3.8, 4) is 0 Å². The lowest BCUT2D eigenvalue weighted by molar-refractivity contribution is -0.0475. The van der Waals surface area contributed by atoms with Crippen LogP contribution in [0.15, 0.2) is 12.7 Å². The molecule has 0 aliphatic heterocycles. The summed E-state index contributed by atoms with van der Waals surface area (Å²) in [6.07, 6.45) is 1.79. The molecule has 0 saturated heterocycles. The SMILES string of the molecule is Nc1ncnc2c1ncn2CCC(O)O. The third-order valence-electron chi connectivity index (χ3n) is 2.06. The first kappa shape index (κ1) is 9.81. The van der Waals surface area contributed by atoms with Crippen LogP contribution in [0.3, 0.4) is 0 Å². The Morgan fingerprint density at radius 3 is 2.87 bits per heavy atom. The van der Waals surface area contributed by atoms with Crippen molar-refractivity contribution >= 4 is 17.0 Å². The minimum absolute atomic E-state index is 0.218. The standard InChI is InChI=1S/C8H11N5O2/c9-7-6-8(11-3-10-7)13(4-12-6)2-1-5(14)15/h3-5,14-15H,1-2H2,(H2,9,10,11). The first-order valence-corrected chi connectivity index (χ1v) is 4.46. The number of hydrogen-bond donors (Lipinski definition) is 3. The molecule has 7 heteroatoms. The highest BCUT2D eigenvalue weighted by Crippen LogP contribution is 2.14. The molecule has 0 fully saturated rings. The number of aromatic nitrogens is 4. The summed E-state index contributed by atoms with van der Waals surface area (Å²) in [5.74, 6) is 0.322. The van der Waals surface area contributed by atoms with E-state index in [2.05, 4.69) is 15.0 Å². The van der Waals surface area contributed by atoms with E-state index in [0.717, 1.165) is 0 Å². The van der Waals surface area contributed by atoms with Gasteiger partial charge < -0.3 is 20.5 Å². The third-order valence-corrected chi connectivity index (χ3v) is 2.06. The lowest BCUT2D eigenvalue weighted by Gasteiger charge is -2.04. The Kier molecular flexibility index (Phi) is 2.48. The van der Waals surface area contributed by atoms with Crippen molar-refractivity contribution in [2.24, 2.45) is 0 Å². The van der Waals surface area contributed by atoms with Crippen LogP contribution in [-0.2, 0) is 6.54 Å². The van der Waals surface area contributed by atoms with Gasteiger partial charge in [0.15, 0.2) is 17.8 Å². The maximum Gasteiger partial charge on any atom is 0.165 e. The van der Waals surface area contributed by atoms with Crippen molar-refractivity contribution in [2.75, 3.05) is 5.73 Å². The molecule has 0 saturated carbocycles. The second-order valence-electron chi connectivity index (χ2n) is 3.14. The first-order chi connectivity index (χ1) is 7.18. The van der Waals surface area contributed by atoms with Crippen molar-refractivity contribution in [3.05, 3.63) is 12.7 Å². The topological polar surface area (TPSA) is 110 Å². The molecular formula is C8H11N5O2. The predicted octanol–water partition coefficient (Wildman–Crippen LogP) is -0.891. The van der Waals surface area contributed by atoms with Gasteiger partial charge in [-0.25, -0.2) is 15.0 Å². The van der Waals surface area contributed by atoms with Gasteiger partial charge in [-0.2, -0.15) is 0 Å². The second-order valence-corrected chi connectivity index (χ2v) is 3.14. The summed E-state index contributed by atoms with van der Waals surface area (Å²) in [4.78, 5) is 11.9. The van der Waals surface area contributed by atoms with E-state index in [4.69, 9.17) is 15.9 Å². The number of hydrogen-bond acceptors (Lipinski definition) is 6. The second kappa shape index (κ2) is 3.79. The van der Waals surface area contributed by atoms with Crippen molar-refractivity contribution in [3.63, 3.8) is 0 Å². The van der Waals surface area contributed by atoms with Crippen LogP contribution in [0.1, 0.15) is 6.42 Å². The summed E-state index contributed by atoms with van der Waals surface area (Å²) in [6, 6.07) is 0. The van der Waals surface area contributed by atoms with E-state index in [1.165, 1.54) is 6.33 Å². The van der Waals surface area contributed by atoms with E-state index in [-0.39, 0.29) is 6.42 Å². The van der Waals surface area contributed by atoms with Crippen molar-refractivity contribution < 1.29 is 10.2 Å². The molecule has 15 heavy (non-hydrogen) atoms. The number of aryl methyl sites for hydroxylation is 1. The highest BCUT2D eigenvalue weighted by Gasteiger charge is 2.08. The average Bonchev–Trinajstić information content (AvgIpc) is 2.59. The number of aliphatic hydroxyl groups excluding tert-OH is 1. The molecule has 0 unspecified atom stereocenters. The summed E-state index contributed by atoms with van der Waals surface area (Å²) >= 11 is 0. The number of fused-ring (bicyclic) bond motifs is 1. The van der Waals surface area contributed by atoms with E-state index >= 15 is 0 Å². The van der Waals surface area contributed by atoms with E-state index < -0.39 is 6.29 Å². The van der Waals surface area contributed by atoms with Gasteiger partial charge in [0, 0.05) is 13.0 Å². The lowest BCUT2D eigenvalue weighted by atomic mass is 10.4. The molecule has 0 bridgehead atoms. The molecule has 2 rings (SSSR count). The quantitative estimate of drug-likeness (QED) is 0.565. The largest absolute Gasteiger partial charge is 0.382 e. The third kappa shape index (κ3) is 1.88. The van der Waals surface area contributed by atoms with Crippen LogP contribution in [-0.4, -0.2) is 36.0 Å². The van der Waals surface area contributed by atoms with Crippen LogP contribution in [0.2, 0.25) is 0 Å². The number of nitrogen functional groups attached to an aromatic ring is 1. The fourth-order valence-corrected chi connectivity index (χ4v) is 1.32. The zero-order valence-electron chi connectivity index (χ0n) is 7.91. The van der Waals surface area contributed by atoms with Crippen LogP contribution in [0.25, 0.3) is 11.2 Å². The van der Waals surface area contributed by atoms with Crippen molar-refractivity contribution in [1.29, 1.82) is 0 Å². The summed E-state index contributed by atoms with van der Waals surface area (Å²) in [5.41, 5.74) is 6.73. The van der Waals surface area contributed by atoms with Crippen LogP contribution < -0.4 is 5.73 Å². The minimum atomic E-state index is -1.33. The number of nitrogens with two attached hydrogens (primary N) is 1. The molecule has 0 amide bonds. The number of rotatable bonds is 3. The number of anilines is 1. The maximum absolute atomic E-state index is 8.74. The van der Waals surface area contributed by atoms with Gasteiger partial charge in [0.1, 0.15) is 11.8 Å². The van der Waals surface area contributed by atoms with Gasteiger partial charge in [-0.3, -0.25) is 0 Å². The van der Waals surface area contributed by atoms with Gasteiger partial charge in [0.05, 0.1) is 6.33 Å². The molecule has 4 N–H and O–H groups in total. The summed E-state index contributed by atoms with van der Waals surface area (Å²) in [6.45, 7) is 0.421. The Morgan fingerprint density at radius 1 is 1.33 bits per heavy atom. The smallest absolute Gasteiger partial charge is 0.165 e. The van der Waals surface area contributed by atoms with Gasteiger partial charge >= 0.3 is 0 Å². The number of nitrogens with zero attached hydrogens (tertiary/aromatic N) is 4. The van der Waals surface area contributed by atoms with Gasteiger partial charge in [0.2, 0.25) is 0 Å². The number of imidazole rings is 1. The monoisotopic (exact) mass is 209 g/mol. The Balaban J connectivity index is 2.33. The molecule has 7 nitrogen and oxygen atoms in total. The Labute approximate surface area is 85.2 Å². The molecule has 0 spiro atoms. The van der Waals surface area contributed by atoms with Gasteiger partial charge in [-0.1, -0.05) is 0 Å². The van der Waals surface area contributed by atoms with E-state index in [1.54, 1.807) is 10.9 Å². The van der Waals surface area contributed by atoms with Crippen LogP contribution in [0, 0.1) is 0 Å². The number of aliphatic hydroxyl groups is 2. The average molecular weight is 209 g/mol. The normalized spacial score (nSPS) is 11.4. The highest BCUT2D eigenvalue weighted by atomic mass is 16.5. The maximum atomic E-state index is 8.74. The van der Waals surface area contributed by atoms with Crippen LogP contribution >= 0.6 is 0 Å². The molecule has 0 radical (unpaired) electrons. The molecule has 0 aliphatic carbocycles. The van der Waals surface area contributed by atoms with E-state index in [0.29, 0.717) is 23.5 Å². The summed E-state index contributed by atoms with van der Waals surface area (Å²) in [7, 11) is 0. The Bertz CT molecular complexity index is 467. The molecular weight excluding hydrogens is 198 g/mol. The fourth-order valence-electron chi connectivity index (χ4n) is 1.32. The van der Waals surface area contributed by atoms with Crippen molar-refractivity contribution in [2.45, 2.75) is 19.3 Å². The first-order valence-electron chi connectivity index (χ1n) is 4.46. The van der Waals surface area contributed by atoms with E-state index in [9.17, 15) is 0 Å². The van der Waals surface area contributed by atoms with Gasteiger partial charge in [0.25, 0.3) is 0 Å². The van der Waals surface area contributed by atoms with Crippen LogP contribution in [0.5, 0.6) is 0 Å². The molecule has 0 aliphatic rings.